The molecular formula is C25H28N2O4. The molecule has 0 bridgehead atoms. The second kappa shape index (κ2) is 10.3. The van der Waals surface area contributed by atoms with Crippen molar-refractivity contribution in [2.24, 2.45) is 5.92 Å². The van der Waals surface area contributed by atoms with Gasteiger partial charge in [0.25, 0.3) is 0 Å². The highest BCUT2D eigenvalue weighted by molar-refractivity contribution is 5.89. The summed E-state index contributed by atoms with van der Waals surface area (Å²) in [5.41, 5.74) is 1.68. The van der Waals surface area contributed by atoms with Gasteiger partial charge in [-0.15, -0.1) is 0 Å². The van der Waals surface area contributed by atoms with E-state index in [-0.39, 0.29) is 30.2 Å². The fraction of sp³-hybridized carbons (Fsp3) is 0.400. The molecule has 2 amide bonds. The summed E-state index contributed by atoms with van der Waals surface area (Å²) in [5.74, 6) is 7.25. The number of hydrogen-bond acceptors (Lipinski definition) is 4. The van der Waals surface area contributed by atoms with Crippen LogP contribution in [0.3, 0.4) is 0 Å². The van der Waals surface area contributed by atoms with E-state index in [1.807, 2.05) is 54.6 Å². The maximum absolute atomic E-state index is 12.5. The van der Waals surface area contributed by atoms with Crippen LogP contribution >= 0.6 is 0 Å². The molecule has 2 aliphatic rings. The van der Waals surface area contributed by atoms with Gasteiger partial charge in [-0.2, -0.15) is 0 Å². The molecule has 162 valence electrons. The van der Waals surface area contributed by atoms with Crippen LogP contribution in [0.4, 0.5) is 10.5 Å². The Hall–Kier alpha value is -3.01. The molecule has 6 nitrogen and oxygen atoms in total. The zero-order valence-corrected chi connectivity index (χ0v) is 17.7. The second-order valence-electron chi connectivity index (χ2n) is 7.77. The Morgan fingerprint density at radius 2 is 1.84 bits per heavy atom. The smallest absolute Gasteiger partial charge is 0.319 e. The molecule has 0 radical (unpaired) electrons. The molecule has 0 spiro atoms. The molecule has 2 heterocycles. The van der Waals surface area contributed by atoms with Gasteiger partial charge < -0.3 is 24.8 Å². The SMILES string of the molecule is CCCCOc1ccc(NC(=O)N[C@H]2COC3[C@H](C#Cc4ccccc4)CO[C@@H]32)cc1. The van der Waals surface area contributed by atoms with Crippen LogP contribution in [0.1, 0.15) is 25.3 Å². The number of hydrogen-bond donors (Lipinski definition) is 2. The summed E-state index contributed by atoms with van der Waals surface area (Å²) < 4.78 is 17.5. The van der Waals surface area contributed by atoms with Crippen LogP contribution in [-0.2, 0) is 9.47 Å². The van der Waals surface area contributed by atoms with Crippen molar-refractivity contribution in [1.29, 1.82) is 0 Å². The monoisotopic (exact) mass is 420 g/mol. The van der Waals surface area contributed by atoms with Crippen molar-refractivity contribution in [2.45, 2.75) is 38.0 Å². The molecule has 2 aromatic carbocycles. The normalized spacial score (nSPS) is 24.0. The van der Waals surface area contributed by atoms with Crippen molar-refractivity contribution in [1.82, 2.24) is 5.32 Å². The van der Waals surface area contributed by atoms with Crippen molar-refractivity contribution in [3.05, 3.63) is 60.2 Å². The number of urea groups is 1. The summed E-state index contributed by atoms with van der Waals surface area (Å²) in [4.78, 5) is 12.5. The number of unbranched alkanes of at least 4 members (excludes halogenated alkanes) is 1. The lowest BCUT2D eigenvalue weighted by Gasteiger charge is -2.18. The number of ether oxygens (including phenoxy) is 3. The Labute approximate surface area is 183 Å². The van der Waals surface area contributed by atoms with E-state index in [1.165, 1.54) is 0 Å². The largest absolute Gasteiger partial charge is 0.494 e. The Morgan fingerprint density at radius 1 is 1.06 bits per heavy atom. The molecule has 0 saturated carbocycles. The van der Waals surface area contributed by atoms with Crippen molar-refractivity contribution >= 4 is 11.7 Å². The van der Waals surface area contributed by atoms with Crippen LogP contribution in [0.25, 0.3) is 0 Å². The fourth-order valence-corrected chi connectivity index (χ4v) is 3.75. The van der Waals surface area contributed by atoms with Crippen molar-refractivity contribution in [2.75, 3.05) is 25.1 Å². The second-order valence-corrected chi connectivity index (χ2v) is 7.77. The lowest BCUT2D eigenvalue weighted by atomic mass is 10.0. The van der Waals surface area contributed by atoms with Gasteiger partial charge in [0.1, 0.15) is 18.0 Å². The molecule has 0 aromatic heterocycles. The molecule has 6 heteroatoms. The summed E-state index contributed by atoms with van der Waals surface area (Å²) in [6.07, 6.45) is 1.81. The number of carbonyl (C=O) groups is 1. The first-order valence-corrected chi connectivity index (χ1v) is 10.8. The topological polar surface area (TPSA) is 68.8 Å². The molecule has 2 N–H and O–H groups in total. The molecule has 2 fully saturated rings. The zero-order valence-electron chi connectivity index (χ0n) is 17.7. The van der Waals surface area contributed by atoms with Gasteiger partial charge in [-0.3, -0.25) is 0 Å². The summed E-state index contributed by atoms with van der Waals surface area (Å²) in [5, 5.41) is 5.83. The number of benzene rings is 2. The van der Waals surface area contributed by atoms with Gasteiger partial charge in [-0.1, -0.05) is 43.4 Å². The molecule has 4 atom stereocenters. The van der Waals surface area contributed by atoms with E-state index in [0.717, 1.165) is 24.2 Å². The molecule has 4 rings (SSSR count). The fourth-order valence-electron chi connectivity index (χ4n) is 3.75. The maximum atomic E-state index is 12.5. The summed E-state index contributed by atoms with van der Waals surface area (Å²) in [7, 11) is 0. The molecule has 2 saturated heterocycles. The molecule has 2 aromatic rings. The highest BCUT2D eigenvalue weighted by Gasteiger charge is 2.47. The van der Waals surface area contributed by atoms with E-state index in [9.17, 15) is 4.79 Å². The number of nitrogens with one attached hydrogen (secondary N) is 2. The molecule has 31 heavy (non-hydrogen) atoms. The number of carbonyl (C=O) groups excluding carboxylic acids is 1. The van der Waals surface area contributed by atoms with Crippen LogP contribution < -0.4 is 15.4 Å². The molecule has 1 unspecified atom stereocenters. The third-order valence-corrected chi connectivity index (χ3v) is 5.42. The van der Waals surface area contributed by atoms with Crippen LogP contribution in [0.15, 0.2) is 54.6 Å². The number of fused-ring (bicyclic) bond motifs is 1. The van der Waals surface area contributed by atoms with Gasteiger partial charge in [-0.05, 0) is 42.8 Å². The van der Waals surface area contributed by atoms with E-state index in [4.69, 9.17) is 14.2 Å². The number of anilines is 1. The van der Waals surface area contributed by atoms with E-state index >= 15 is 0 Å². The lowest BCUT2D eigenvalue weighted by Crippen LogP contribution is -2.45. The summed E-state index contributed by atoms with van der Waals surface area (Å²) in [6, 6.07) is 16.8. The van der Waals surface area contributed by atoms with E-state index in [1.54, 1.807) is 0 Å². The van der Waals surface area contributed by atoms with Gasteiger partial charge in [0.05, 0.1) is 31.8 Å². The quantitative estimate of drug-likeness (QED) is 0.551. The lowest BCUT2D eigenvalue weighted by molar-refractivity contribution is 0.0666. The van der Waals surface area contributed by atoms with E-state index in [0.29, 0.717) is 25.5 Å². The van der Waals surface area contributed by atoms with Gasteiger partial charge >= 0.3 is 6.03 Å². The van der Waals surface area contributed by atoms with Crippen LogP contribution in [0.5, 0.6) is 5.75 Å². The summed E-state index contributed by atoms with van der Waals surface area (Å²) >= 11 is 0. The average Bonchev–Trinajstić information content (AvgIpc) is 3.37. The Morgan fingerprint density at radius 3 is 2.61 bits per heavy atom. The first-order valence-electron chi connectivity index (χ1n) is 10.8. The van der Waals surface area contributed by atoms with Crippen LogP contribution in [0.2, 0.25) is 0 Å². The number of rotatable bonds is 6. The predicted molar refractivity (Wildman–Crippen MR) is 119 cm³/mol. The Kier molecular flexibility index (Phi) is 7.08. The predicted octanol–water partition coefficient (Wildman–Crippen LogP) is 3.82. The van der Waals surface area contributed by atoms with Crippen molar-refractivity contribution < 1.29 is 19.0 Å². The van der Waals surface area contributed by atoms with Crippen molar-refractivity contribution in [3.63, 3.8) is 0 Å². The van der Waals surface area contributed by atoms with Gasteiger partial charge in [0, 0.05) is 11.3 Å². The molecular weight excluding hydrogens is 392 g/mol. The van der Waals surface area contributed by atoms with Crippen LogP contribution in [-0.4, -0.2) is 44.1 Å². The van der Waals surface area contributed by atoms with E-state index < -0.39 is 0 Å². The van der Waals surface area contributed by atoms with Crippen molar-refractivity contribution in [3.8, 4) is 17.6 Å². The standard InChI is InChI=1S/C25H28N2O4/c1-2-3-15-29-21-13-11-20(12-14-21)26-25(28)27-22-17-31-23-19(16-30-24(22)23)10-9-18-7-5-4-6-8-18/h4-8,11-14,19,22-24H,2-3,15-17H2,1H3,(H2,26,27,28)/t19-,22+,23?,24-/m1/s1. The van der Waals surface area contributed by atoms with Crippen LogP contribution in [0, 0.1) is 17.8 Å². The molecule has 0 aliphatic carbocycles. The minimum Gasteiger partial charge on any atom is -0.494 e. The first-order chi connectivity index (χ1) is 15.2. The van der Waals surface area contributed by atoms with Gasteiger partial charge in [0.2, 0.25) is 0 Å². The third kappa shape index (κ3) is 5.57. The minimum atomic E-state index is -0.281. The average molecular weight is 421 g/mol. The number of amides is 2. The maximum Gasteiger partial charge on any atom is 0.319 e. The minimum absolute atomic E-state index is 0.000296. The first kappa shape index (κ1) is 21.2. The Bertz CT molecular complexity index is 920. The Balaban J connectivity index is 1.27. The summed E-state index contributed by atoms with van der Waals surface area (Å²) in [6.45, 7) is 3.75. The zero-order chi connectivity index (χ0) is 21.5. The third-order valence-electron chi connectivity index (χ3n) is 5.42. The molecule has 2 aliphatic heterocycles. The van der Waals surface area contributed by atoms with E-state index in [2.05, 4.69) is 29.4 Å². The highest BCUT2D eigenvalue weighted by Crippen LogP contribution is 2.31. The highest BCUT2D eigenvalue weighted by atomic mass is 16.6. The van der Waals surface area contributed by atoms with Gasteiger partial charge in [0.15, 0.2) is 0 Å². The van der Waals surface area contributed by atoms with Gasteiger partial charge in [-0.25, -0.2) is 4.79 Å².